The predicted octanol–water partition coefficient (Wildman–Crippen LogP) is 1.84. The van der Waals surface area contributed by atoms with Gasteiger partial charge in [-0.1, -0.05) is 6.42 Å². The molecule has 1 atom stereocenters. The van der Waals surface area contributed by atoms with Gasteiger partial charge in [0.05, 0.1) is 0 Å². The van der Waals surface area contributed by atoms with Crippen LogP contribution in [0.15, 0.2) is 0 Å². The Kier molecular flexibility index (Phi) is 3.36. The van der Waals surface area contributed by atoms with Crippen molar-refractivity contribution in [3.63, 3.8) is 0 Å². The first-order valence-electron chi connectivity index (χ1n) is 5.35. The molecule has 0 aromatic heterocycles. The van der Waals surface area contributed by atoms with Crippen molar-refractivity contribution in [3.8, 4) is 0 Å². The molecule has 2 N–H and O–H groups in total. The highest BCUT2D eigenvalue weighted by Crippen LogP contribution is 2.34. The molecule has 1 aliphatic carbocycles. The molecule has 1 saturated carbocycles. The quantitative estimate of drug-likeness (QED) is 0.722. The molecule has 13 heavy (non-hydrogen) atoms. The van der Waals surface area contributed by atoms with E-state index in [9.17, 15) is 0 Å². The van der Waals surface area contributed by atoms with Crippen molar-refractivity contribution >= 4 is 0 Å². The third kappa shape index (κ3) is 3.28. The summed E-state index contributed by atoms with van der Waals surface area (Å²) in [5.74, 6) is 0.901. The number of nitrogens with two attached hydrogens (primary N) is 1. The van der Waals surface area contributed by atoms with Crippen LogP contribution in [0, 0.1) is 5.92 Å². The molecular formula is C11H24N2. The van der Waals surface area contributed by atoms with Crippen LogP contribution in [0.3, 0.4) is 0 Å². The molecule has 0 spiro atoms. The Hall–Kier alpha value is -0.0800. The highest BCUT2D eigenvalue weighted by atomic mass is 15.1. The van der Waals surface area contributed by atoms with Gasteiger partial charge in [-0.15, -0.1) is 0 Å². The summed E-state index contributed by atoms with van der Waals surface area (Å²) in [6.45, 7) is 4.25. The minimum atomic E-state index is -0.0233. The van der Waals surface area contributed by atoms with E-state index in [0.29, 0.717) is 6.04 Å². The predicted molar refractivity (Wildman–Crippen MR) is 57.7 cm³/mol. The summed E-state index contributed by atoms with van der Waals surface area (Å²) in [6.07, 6.45) is 5.34. The van der Waals surface area contributed by atoms with Crippen LogP contribution in [0.25, 0.3) is 0 Å². The third-order valence-corrected chi connectivity index (χ3v) is 3.09. The smallest absolute Gasteiger partial charge is 0.0135 e. The van der Waals surface area contributed by atoms with Gasteiger partial charge >= 0.3 is 0 Å². The van der Waals surface area contributed by atoms with Gasteiger partial charge in [-0.25, -0.2) is 0 Å². The highest BCUT2D eigenvalue weighted by Gasteiger charge is 2.31. The first kappa shape index (κ1) is 11.0. The van der Waals surface area contributed by atoms with Crippen LogP contribution < -0.4 is 5.73 Å². The summed E-state index contributed by atoms with van der Waals surface area (Å²) in [4.78, 5) is 2.35. The van der Waals surface area contributed by atoms with Gasteiger partial charge in [0.2, 0.25) is 0 Å². The zero-order valence-corrected chi connectivity index (χ0v) is 9.51. The summed E-state index contributed by atoms with van der Waals surface area (Å²) < 4.78 is 0. The molecule has 0 aliphatic heterocycles. The van der Waals surface area contributed by atoms with Crippen LogP contribution in [0.5, 0.6) is 0 Å². The molecule has 0 radical (unpaired) electrons. The van der Waals surface area contributed by atoms with E-state index in [4.69, 9.17) is 5.73 Å². The fraction of sp³-hybridized carbons (Fsp3) is 1.00. The lowest BCUT2D eigenvalue weighted by Gasteiger charge is -2.41. The molecule has 0 aromatic carbocycles. The number of nitrogens with zero attached hydrogens (tertiary/aromatic N) is 1. The van der Waals surface area contributed by atoms with E-state index < -0.39 is 0 Å². The van der Waals surface area contributed by atoms with Gasteiger partial charge in [0.1, 0.15) is 0 Å². The Morgan fingerprint density at radius 2 is 1.92 bits per heavy atom. The Morgan fingerprint density at radius 1 is 1.38 bits per heavy atom. The number of rotatable bonds is 4. The maximum Gasteiger partial charge on any atom is 0.0135 e. The van der Waals surface area contributed by atoms with Gasteiger partial charge in [0.25, 0.3) is 0 Å². The molecule has 1 aliphatic rings. The second kappa shape index (κ2) is 3.97. The van der Waals surface area contributed by atoms with Crippen molar-refractivity contribution in [3.05, 3.63) is 0 Å². The Morgan fingerprint density at radius 3 is 2.15 bits per heavy atom. The minimum Gasteiger partial charge on any atom is -0.326 e. The van der Waals surface area contributed by atoms with E-state index >= 15 is 0 Å². The SMILES string of the molecule is CN(C)C(CC(C)(C)N)C1CCC1. The van der Waals surface area contributed by atoms with E-state index in [0.717, 1.165) is 12.3 Å². The Balaban J connectivity index is 2.47. The molecule has 0 saturated heterocycles. The molecular weight excluding hydrogens is 160 g/mol. The lowest BCUT2D eigenvalue weighted by molar-refractivity contribution is 0.115. The normalized spacial score (nSPS) is 21.7. The number of hydrogen-bond acceptors (Lipinski definition) is 2. The maximum atomic E-state index is 6.06. The zero-order valence-electron chi connectivity index (χ0n) is 9.51. The van der Waals surface area contributed by atoms with Crippen molar-refractivity contribution < 1.29 is 0 Å². The molecule has 0 aromatic rings. The molecule has 0 bridgehead atoms. The second-order valence-corrected chi connectivity index (χ2v) is 5.41. The molecule has 0 heterocycles. The summed E-state index contributed by atoms with van der Waals surface area (Å²) >= 11 is 0. The molecule has 2 heteroatoms. The first-order valence-corrected chi connectivity index (χ1v) is 5.35. The molecule has 1 fully saturated rings. The van der Waals surface area contributed by atoms with E-state index in [1.807, 2.05) is 0 Å². The lowest BCUT2D eigenvalue weighted by atomic mass is 9.75. The van der Waals surface area contributed by atoms with Crippen LogP contribution in [-0.2, 0) is 0 Å². The van der Waals surface area contributed by atoms with Crippen LogP contribution in [0.2, 0.25) is 0 Å². The van der Waals surface area contributed by atoms with Gasteiger partial charge in [-0.05, 0) is 53.1 Å². The number of hydrogen-bond donors (Lipinski definition) is 1. The van der Waals surface area contributed by atoms with E-state index in [-0.39, 0.29) is 5.54 Å². The van der Waals surface area contributed by atoms with Crippen LogP contribution in [-0.4, -0.2) is 30.6 Å². The summed E-state index contributed by atoms with van der Waals surface area (Å²) in [5, 5.41) is 0. The van der Waals surface area contributed by atoms with Crippen molar-refractivity contribution in [1.29, 1.82) is 0 Å². The van der Waals surface area contributed by atoms with Gasteiger partial charge in [0.15, 0.2) is 0 Å². The second-order valence-electron chi connectivity index (χ2n) is 5.41. The van der Waals surface area contributed by atoms with Crippen LogP contribution in [0.1, 0.15) is 39.5 Å². The van der Waals surface area contributed by atoms with E-state index in [1.165, 1.54) is 19.3 Å². The summed E-state index contributed by atoms with van der Waals surface area (Å²) in [6, 6.07) is 0.689. The van der Waals surface area contributed by atoms with E-state index in [1.54, 1.807) is 0 Å². The van der Waals surface area contributed by atoms with Crippen molar-refractivity contribution in [1.82, 2.24) is 4.90 Å². The van der Waals surface area contributed by atoms with Gasteiger partial charge in [-0.3, -0.25) is 0 Å². The van der Waals surface area contributed by atoms with Crippen molar-refractivity contribution in [2.24, 2.45) is 11.7 Å². The zero-order chi connectivity index (χ0) is 10.1. The largest absolute Gasteiger partial charge is 0.326 e. The highest BCUT2D eigenvalue weighted by molar-refractivity contribution is 4.88. The fourth-order valence-corrected chi connectivity index (χ4v) is 2.13. The molecule has 0 amide bonds. The van der Waals surface area contributed by atoms with Gasteiger partial charge in [0, 0.05) is 11.6 Å². The molecule has 1 unspecified atom stereocenters. The molecule has 1 rings (SSSR count). The topological polar surface area (TPSA) is 29.3 Å². The molecule has 78 valence electrons. The van der Waals surface area contributed by atoms with Gasteiger partial charge in [-0.2, -0.15) is 0 Å². The maximum absolute atomic E-state index is 6.06. The molecule has 2 nitrogen and oxygen atoms in total. The van der Waals surface area contributed by atoms with Crippen molar-refractivity contribution in [2.45, 2.75) is 51.1 Å². The van der Waals surface area contributed by atoms with Crippen molar-refractivity contribution in [2.75, 3.05) is 14.1 Å². The minimum absolute atomic E-state index is 0.0233. The summed E-state index contributed by atoms with van der Waals surface area (Å²) in [7, 11) is 4.35. The van der Waals surface area contributed by atoms with Crippen LogP contribution in [0.4, 0.5) is 0 Å². The average Bonchev–Trinajstić information content (AvgIpc) is 1.78. The third-order valence-electron chi connectivity index (χ3n) is 3.09. The first-order chi connectivity index (χ1) is 5.90. The van der Waals surface area contributed by atoms with Gasteiger partial charge < -0.3 is 10.6 Å². The summed E-state index contributed by atoms with van der Waals surface area (Å²) in [5.41, 5.74) is 6.04. The average molecular weight is 184 g/mol. The standard InChI is InChI=1S/C11H24N2/c1-11(2,12)8-10(13(3)4)9-6-5-7-9/h9-10H,5-8,12H2,1-4H3. The van der Waals surface area contributed by atoms with Crippen LogP contribution >= 0.6 is 0 Å². The Labute approximate surface area is 82.5 Å². The fourth-order valence-electron chi connectivity index (χ4n) is 2.13. The monoisotopic (exact) mass is 184 g/mol. The lowest BCUT2D eigenvalue weighted by Crippen LogP contribution is -2.46. The van der Waals surface area contributed by atoms with E-state index in [2.05, 4.69) is 32.8 Å². The Bertz CT molecular complexity index is 154.